The Balaban J connectivity index is 2.32. The summed E-state index contributed by atoms with van der Waals surface area (Å²) >= 11 is 12.1. The van der Waals surface area contributed by atoms with Gasteiger partial charge in [-0.25, -0.2) is 4.98 Å². The van der Waals surface area contributed by atoms with Crippen molar-refractivity contribution >= 4 is 35.1 Å². The van der Waals surface area contributed by atoms with Gasteiger partial charge in [0.2, 0.25) is 0 Å². The van der Waals surface area contributed by atoms with Gasteiger partial charge in [-0.05, 0) is 42.8 Å². The molecular formula is C15H10Cl2N2O. The van der Waals surface area contributed by atoms with Crippen molar-refractivity contribution in [2.24, 2.45) is 0 Å². The van der Waals surface area contributed by atoms with E-state index in [2.05, 4.69) is 4.98 Å². The number of hydrogen-bond acceptors (Lipinski definition) is 2. The molecule has 0 saturated carbocycles. The Hall–Kier alpha value is -1.84. The lowest BCUT2D eigenvalue weighted by Crippen LogP contribution is -1.92. The van der Waals surface area contributed by atoms with Crippen molar-refractivity contribution in [2.75, 3.05) is 0 Å². The molecule has 0 fully saturated rings. The summed E-state index contributed by atoms with van der Waals surface area (Å²) in [6.07, 6.45) is 2.62. The van der Waals surface area contributed by atoms with Crippen molar-refractivity contribution in [3.05, 3.63) is 57.8 Å². The number of imidazole rings is 1. The Kier molecular flexibility index (Phi) is 3.24. The van der Waals surface area contributed by atoms with Gasteiger partial charge in [0.25, 0.3) is 0 Å². The zero-order valence-electron chi connectivity index (χ0n) is 10.6. The predicted octanol–water partition coefficient (Wildman–Crippen LogP) is 4.43. The van der Waals surface area contributed by atoms with E-state index < -0.39 is 0 Å². The van der Waals surface area contributed by atoms with Crippen LogP contribution in [0.4, 0.5) is 0 Å². The van der Waals surface area contributed by atoms with E-state index in [4.69, 9.17) is 23.2 Å². The Morgan fingerprint density at radius 2 is 2.00 bits per heavy atom. The largest absolute Gasteiger partial charge is 0.297 e. The second-order valence-corrected chi connectivity index (χ2v) is 5.36. The van der Waals surface area contributed by atoms with Crippen molar-refractivity contribution in [1.29, 1.82) is 0 Å². The molecule has 0 unspecified atom stereocenters. The molecule has 0 N–H and O–H groups in total. The zero-order valence-corrected chi connectivity index (χ0v) is 12.1. The number of aromatic nitrogens is 2. The highest BCUT2D eigenvalue weighted by Crippen LogP contribution is 2.32. The maximum atomic E-state index is 11.4. The molecule has 2 heterocycles. The summed E-state index contributed by atoms with van der Waals surface area (Å²) in [4.78, 5) is 15.9. The van der Waals surface area contributed by atoms with Gasteiger partial charge in [-0.1, -0.05) is 23.2 Å². The van der Waals surface area contributed by atoms with Crippen LogP contribution >= 0.6 is 23.2 Å². The number of hydrogen-bond donors (Lipinski definition) is 0. The van der Waals surface area contributed by atoms with Crippen molar-refractivity contribution in [3.63, 3.8) is 0 Å². The summed E-state index contributed by atoms with van der Waals surface area (Å²) < 4.78 is 1.75. The van der Waals surface area contributed by atoms with Gasteiger partial charge in [0.05, 0.1) is 5.02 Å². The molecule has 0 amide bonds. The normalized spacial score (nSPS) is 10.9. The number of fused-ring (bicyclic) bond motifs is 1. The van der Waals surface area contributed by atoms with Crippen LogP contribution in [0.3, 0.4) is 0 Å². The molecule has 0 aliphatic heterocycles. The third-order valence-corrected chi connectivity index (χ3v) is 3.66. The highest BCUT2D eigenvalue weighted by atomic mass is 35.5. The summed E-state index contributed by atoms with van der Waals surface area (Å²) in [6.45, 7) is 1.98. The molecule has 5 heteroatoms. The van der Waals surface area contributed by atoms with Gasteiger partial charge >= 0.3 is 0 Å². The van der Waals surface area contributed by atoms with Crippen LogP contribution in [0.1, 0.15) is 16.1 Å². The first kappa shape index (κ1) is 13.2. The number of benzene rings is 1. The van der Waals surface area contributed by atoms with Crippen LogP contribution in [-0.2, 0) is 0 Å². The summed E-state index contributed by atoms with van der Waals surface area (Å²) in [7, 11) is 0. The van der Waals surface area contributed by atoms with Crippen LogP contribution < -0.4 is 0 Å². The quantitative estimate of drug-likeness (QED) is 0.656. The number of aryl methyl sites for hydroxylation is 1. The van der Waals surface area contributed by atoms with Crippen LogP contribution in [0.25, 0.3) is 16.9 Å². The van der Waals surface area contributed by atoms with Crippen molar-refractivity contribution in [2.45, 2.75) is 6.92 Å². The first-order chi connectivity index (χ1) is 9.60. The van der Waals surface area contributed by atoms with Gasteiger partial charge in [-0.3, -0.25) is 9.20 Å². The van der Waals surface area contributed by atoms with E-state index in [1.165, 1.54) is 0 Å². The van der Waals surface area contributed by atoms with Gasteiger partial charge < -0.3 is 0 Å². The zero-order chi connectivity index (χ0) is 14.3. The average molecular weight is 305 g/mol. The SMILES string of the molecule is Cc1ccn2c(C=O)c(-c3ccc(Cl)cc3Cl)nc2c1. The van der Waals surface area contributed by atoms with Crippen molar-refractivity contribution in [3.8, 4) is 11.3 Å². The average Bonchev–Trinajstić information content (AvgIpc) is 2.75. The van der Waals surface area contributed by atoms with Gasteiger partial charge in [-0.15, -0.1) is 0 Å². The van der Waals surface area contributed by atoms with Crippen LogP contribution in [0, 0.1) is 6.92 Å². The molecule has 3 nitrogen and oxygen atoms in total. The molecule has 0 radical (unpaired) electrons. The van der Waals surface area contributed by atoms with Crippen LogP contribution in [0.5, 0.6) is 0 Å². The Morgan fingerprint density at radius 3 is 2.70 bits per heavy atom. The predicted molar refractivity (Wildman–Crippen MR) is 80.8 cm³/mol. The number of nitrogens with zero attached hydrogens (tertiary/aromatic N) is 2. The Bertz CT molecular complexity index is 824. The van der Waals surface area contributed by atoms with Crippen molar-refractivity contribution < 1.29 is 4.79 Å². The molecule has 3 aromatic rings. The minimum Gasteiger partial charge on any atom is -0.297 e. The lowest BCUT2D eigenvalue weighted by atomic mass is 10.1. The lowest BCUT2D eigenvalue weighted by molar-refractivity contribution is 0.111. The summed E-state index contributed by atoms with van der Waals surface area (Å²) in [5.74, 6) is 0. The Labute approximate surface area is 125 Å². The van der Waals surface area contributed by atoms with E-state index in [0.717, 1.165) is 11.8 Å². The third kappa shape index (κ3) is 2.09. The van der Waals surface area contributed by atoms with Crippen LogP contribution in [0.2, 0.25) is 10.0 Å². The second-order valence-electron chi connectivity index (χ2n) is 4.52. The highest BCUT2D eigenvalue weighted by molar-refractivity contribution is 6.36. The molecule has 20 heavy (non-hydrogen) atoms. The molecule has 0 saturated heterocycles. The topological polar surface area (TPSA) is 34.4 Å². The first-order valence-corrected chi connectivity index (χ1v) is 6.75. The number of carbonyl (C=O) groups is 1. The molecule has 0 aliphatic rings. The molecule has 100 valence electrons. The van der Waals surface area contributed by atoms with E-state index in [1.54, 1.807) is 22.6 Å². The van der Waals surface area contributed by atoms with Gasteiger partial charge in [0.1, 0.15) is 17.0 Å². The summed E-state index contributed by atoms with van der Waals surface area (Å²) in [6, 6.07) is 8.98. The fourth-order valence-corrected chi connectivity index (χ4v) is 2.66. The van der Waals surface area contributed by atoms with Gasteiger partial charge in [0, 0.05) is 16.8 Å². The molecule has 0 aliphatic carbocycles. The van der Waals surface area contributed by atoms with E-state index in [-0.39, 0.29) is 0 Å². The smallest absolute Gasteiger partial charge is 0.169 e. The number of rotatable bonds is 2. The van der Waals surface area contributed by atoms with Crippen LogP contribution in [0.15, 0.2) is 36.5 Å². The van der Waals surface area contributed by atoms with Crippen LogP contribution in [-0.4, -0.2) is 15.7 Å². The van der Waals surface area contributed by atoms with Crippen molar-refractivity contribution in [1.82, 2.24) is 9.38 Å². The molecule has 2 aromatic heterocycles. The summed E-state index contributed by atoms with van der Waals surface area (Å²) in [5.41, 5.74) is 3.53. The third-order valence-electron chi connectivity index (χ3n) is 3.12. The Morgan fingerprint density at radius 1 is 1.20 bits per heavy atom. The monoisotopic (exact) mass is 304 g/mol. The summed E-state index contributed by atoms with van der Waals surface area (Å²) in [5, 5.41) is 1.02. The minimum absolute atomic E-state index is 0.473. The second kappa shape index (κ2) is 4.93. The molecule has 1 aromatic carbocycles. The fourth-order valence-electron chi connectivity index (χ4n) is 2.16. The van der Waals surface area contributed by atoms with E-state index in [9.17, 15) is 4.79 Å². The molecule has 3 rings (SSSR count). The maximum Gasteiger partial charge on any atom is 0.169 e. The van der Waals surface area contributed by atoms with E-state index in [1.807, 2.05) is 25.3 Å². The molecule has 0 spiro atoms. The number of halogens is 2. The highest BCUT2D eigenvalue weighted by Gasteiger charge is 2.16. The minimum atomic E-state index is 0.473. The van der Waals surface area contributed by atoms with Gasteiger partial charge in [0.15, 0.2) is 6.29 Å². The van der Waals surface area contributed by atoms with Gasteiger partial charge in [-0.2, -0.15) is 0 Å². The van der Waals surface area contributed by atoms with E-state index >= 15 is 0 Å². The molecule has 0 atom stereocenters. The lowest BCUT2D eigenvalue weighted by Gasteiger charge is -2.02. The standard InChI is InChI=1S/C15H10Cl2N2O/c1-9-4-5-19-13(8-20)15(18-14(19)6-9)11-3-2-10(16)7-12(11)17/h2-8H,1H3. The van der Waals surface area contributed by atoms with E-state index in [0.29, 0.717) is 32.6 Å². The number of aldehydes is 1. The molecular weight excluding hydrogens is 295 g/mol. The first-order valence-electron chi connectivity index (χ1n) is 5.99. The number of carbonyl (C=O) groups excluding carboxylic acids is 1. The fraction of sp³-hybridized carbons (Fsp3) is 0.0667. The number of pyridine rings is 1. The molecule has 0 bridgehead atoms. The maximum absolute atomic E-state index is 11.4.